The zero-order valence-corrected chi connectivity index (χ0v) is 12.3. The predicted octanol–water partition coefficient (Wildman–Crippen LogP) is 5.27. The summed E-state index contributed by atoms with van der Waals surface area (Å²) >= 11 is 1.90. The van der Waals surface area contributed by atoms with E-state index in [1.165, 1.54) is 25.3 Å². The Hall–Kier alpha value is -1.06. The third-order valence-corrected chi connectivity index (χ3v) is 6.63. The molecule has 0 aliphatic rings. The molecule has 0 saturated carbocycles. The molecule has 1 unspecified atom stereocenters. The molecular formula is C15H16NS2+. The van der Waals surface area contributed by atoms with Gasteiger partial charge in [0.25, 0.3) is 0 Å². The topological polar surface area (TPSA) is 12.9 Å². The van der Waals surface area contributed by atoms with E-state index in [1.54, 1.807) is 0 Å². The van der Waals surface area contributed by atoms with E-state index >= 15 is 0 Å². The van der Waals surface area contributed by atoms with Gasteiger partial charge in [0.15, 0.2) is 0 Å². The fourth-order valence-corrected chi connectivity index (χ4v) is 5.81. The van der Waals surface area contributed by atoms with E-state index in [0.29, 0.717) is 0 Å². The number of aromatic nitrogens is 1. The summed E-state index contributed by atoms with van der Waals surface area (Å²) in [5.74, 6) is 2.27. The molecule has 0 radical (unpaired) electrons. The number of hydrogen-bond acceptors (Lipinski definition) is 2. The lowest BCUT2D eigenvalue weighted by Crippen LogP contribution is -1.75. The van der Waals surface area contributed by atoms with Crippen molar-refractivity contribution in [3.8, 4) is 0 Å². The summed E-state index contributed by atoms with van der Waals surface area (Å²) in [5.41, 5.74) is 1.22. The highest BCUT2D eigenvalue weighted by Crippen LogP contribution is 2.42. The van der Waals surface area contributed by atoms with Crippen molar-refractivity contribution in [1.82, 2.24) is 4.98 Å². The molecule has 0 amide bonds. The summed E-state index contributed by atoms with van der Waals surface area (Å²) in [4.78, 5) is 4.91. The monoisotopic (exact) mass is 274 g/mol. The minimum Gasteiger partial charge on any atom is -0.186 e. The SMILES string of the molecule is CCSc1nc2c3ccccc3ccc2[s+]1CC. The van der Waals surface area contributed by atoms with E-state index in [-0.39, 0.29) is 10.5 Å². The summed E-state index contributed by atoms with van der Waals surface area (Å²) in [7, 11) is 0.210. The van der Waals surface area contributed by atoms with Crippen LogP contribution in [0.25, 0.3) is 21.0 Å². The molecule has 0 spiro atoms. The van der Waals surface area contributed by atoms with Crippen LogP contribution in [0, 0.1) is 0 Å². The average Bonchev–Trinajstić information content (AvgIpc) is 2.77. The Morgan fingerprint density at radius 2 is 1.94 bits per heavy atom. The van der Waals surface area contributed by atoms with E-state index in [4.69, 9.17) is 4.98 Å². The maximum atomic E-state index is 4.91. The lowest BCUT2D eigenvalue weighted by atomic mass is 10.1. The van der Waals surface area contributed by atoms with E-state index in [2.05, 4.69) is 50.2 Å². The number of thioether (sulfide) groups is 1. The molecule has 0 saturated heterocycles. The number of benzene rings is 2. The van der Waals surface area contributed by atoms with Gasteiger partial charge < -0.3 is 0 Å². The Morgan fingerprint density at radius 3 is 2.72 bits per heavy atom. The molecule has 2 aromatic carbocycles. The van der Waals surface area contributed by atoms with Gasteiger partial charge in [-0.3, -0.25) is 0 Å². The Balaban J connectivity index is 2.37. The van der Waals surface area contributed by atoms with Gasteiger partial charge in [0.1, 0.15) is 11.3 Å². The Labute approximate surface area is 114 Å². The molecule has 0 fully saturated rings. The average molecular weight is 274 g/mol. The molecule has 0 aliphatic carbocycles. The van der Waals surface area contributed by atoms with Gasteiger partial charge in [-0.2, -0.15) is 4.98 Å². The Morgan fingerprint density at radius 1 is 1.11 bits per heavy atom. The molecule has 18 heavy (non-hydrogen) atoms. The number of hydrogen-bond donors (Lipinski definition) is 0. The van der Waals surface area contributed by atoms with Crippen LogP contribution in [0.5, 0.6) is 0 Å². The number of fused-ring (bicyclic) bond motifs is 3. The van der Waals surface area contributed by atoms with Crippen molar-refractivity contribution in [1.29, 1.82) is 0 Å². The molecule has 3 rings (SSSR count). The third kappa shape index (κ3) is 1.82. The predicted molar refractivity (Wildman–Crippen MR) is 83.8 cm³/mol. The van der Waals surface area contributed by atoms with Crippen LogP contribution >= 0.6 is 22.2 Å². The summed E-state index contributed by atoms with van der Waals surface area (Å²) in [6, 6.07) is 13.1. The largest absolute Gasteiger partial charge is 0.303 e. The highest BCUT2D eigenvalue weighted by atomic mass is 32.2. The van der Waals surface area contributed by atoms with Crippen LogP contribution in [0.4, 0.5) is 0 Å². The van der Waals surface area contributed by atoms with E-state index in [1.807, 2.05) is 11.8 Å². The van der Waals surface area contributed by atoms with Crippen LogP contribution in [-0.4, -0.2) is 10.7 Å². The molecule has 3 aromatic rings. The molecule has 92 valence electrons. The minimum absolute atomic E-state index is 0.210. The molecule has 0 bridgehead atoms. The number of thiazole rings is 1. The molecule has 1 atom stereocenters. The summed E-state index contributed by atoms with van der Waals surface area (Å²) < 4.78 is 2.76. The van der Waals surface area contributed by atoms with Crippen molar-refractivity contribution < 1.29 is 0 Å². The van der Waals surface area contributed by atoms with Crippen LogP contribution in [0.1, 0.15) is 13.8 Å². The first-order valence-electron chi connectivity index (χ1n) is 6.29. The quantitative estimate of drug-likeness (QED) is 0.477. The highest BCUT2D eigenvalue weighted by Gasteiger charge is 2.22. The number of rotatable bonds is 3. The zero-order valence-electron chi connectivity index (χ0n) is 10.6. The highest BCUT2D eigenvalue weighted by molar-refractivity contribution is 8.01. The summed E-state index contributed by atoms with van der Waals surface area (Å²) in [6.45, 7) is 4.46. The van der Waals surface area contributed by atoms with Gasteiger partial charge in [-0.1, -0.05) is 31.2 Å². The number of aryl methyl sites for hydroxylation is 1. The van der Waals surface area contributed by atoms with E-state index in [9.17, 15) is 0 Å². The lowest BCUT2D eigenvalue weighted by molar-refractivity contribution is 1.27. The van der Waals surface area contributed by atoms with Gasteiger partial charge in [-0.25, -0.2) is 0 Å². The Bertz CT molecular complexity index is 700. The zero-order chi connectivity index (χ0) is 12.5. The van der Waals surface area contributed by atoms with Crippen molar-refractivity contribution in [2.75, 3.05) is 5.75 Å². The van der Waals surface area contributed by atoms with Crippen molar-refractivity contribution in [2.45, 2.75) is 23.9 Å². The molecule has 1 heterocycles. The van der Waals surface area contributed by atoms with Crippen molar-refractivity contribution in [3.63, 3.8) is 0 Å². The van der Waals surface area contributed by atoms with Gasteiger partial charge in [-0.15, -0.1) is 0 Å². The second-order valence-electron chi connectivity index (χ2n) is 4.12. The van der Waals surface area contributed by atoms with Gasteiger partial charge in [0.05, 0.1) is 0 Å². The molecular weight excluding hydrogens is 258 g/mol. The van der Waals surface area contributed by atoms with Gasteiger partial charge in [0.2, 0.25) is 4.70 Å². The van der Waals surface area contributed by atoms with Gasteiger partial charge in [-0.05, 0) is 30.1 Å². The summed E-state index contributed by atoms with van der Waals surface area (Å²) in [5, 5.41) is 2.59. The lowest BCUT2D eigenvalue weighted by Gasteiger charge is -1.95. The molecule has 1 aromatic heterocycles. The fraction of sp³-hybridized carbons (Fsp3) is 0.267. The Kier molecular flexibility index (Phi) is 3.27. The molecule has 0 aliphatic heterocycles. The van der Waals surface area contributed by atoms with Crippen molar-refractivity contribution in [3.05, 3.63) is 36.4 Å². The fourth-order valence-electron chi connectivity index (χ4n) is 2.30. The first-order chi connectivity index (χ1) is 8.85. The van der Waals surface area contributed by atoms with Gasteiger partial charge in [0, 0.05) is 27.7 Å². The molecule has 1 nitrogen and oxygen atoms in total. The van der Waals surface area contributed by atoms with Crippen molar-refractivity contribution in [2.24, 2.45) is 0 Å². The van der Waals surface area contributed by atoms with E-state index < -0.39 is 0 Å². The maximum Gasteiger partial charge on any atom is 0.303 e. The third-order valence-electron chi connectivity index (χ3n) is 3.10. The smallest absolute Gasteiger partial charge is 0.186 e. The van der Waals surface area contributed by atoms with Crippen molar-refractivity contribution >= 4 is 43.2 Å². The normalized spacial score (nSPS) is 12.4. The first kappa shape index (κ1) is 12.0. The summed E-state index contributed by atoms with van der Waals surface area (Å²) in [6.07, 6.45) is 0. The van der Waals surface area contributed by atoms with E-state index in [0.717, 1.165) is 11.5 Å². The second-order valence-corrected chi connectivity index (χ2v) is 7.82. The van der Waals surface area contributed by atoms with Crippen LogP contribution in [-0.2, 0) is 5.75 Å². The van der Waals surface area contributed by atoms with Crippen LogP contribution in [0.3, 0.4) is 0 Å². The second kappa shape index (κ2) is 4.90. The molecule has 3 heteroatoms. The van der Waals surface area contributed by atoms with Gasteiger partial charge >= 0.3 is 4.34 Å². The maximum absolute atomic E-state index is 4.91. The number of nitrogens with zero attached hydrogens (tertiary/aromatic N) is 1. The van der Waals surface area contributed by atoms with Crippen LogP contribution in [0.15, 0.2) is 40.7 Å². The van der Waals surface area contributed by atoms with Crippen LogP contribution < -0.4 is 0 Å². The molecule has 0 N–H and O–H groups in total. The first-order valence-corrected chi connectivity index (χ1v) is 8.67. The minimum atomic E-state index is 0.210. The van der Waals surface area contributed by atoms with Crippen LogP contribution in [0.2, 0.25) is 0 Å². The standard InChI is InChI=1S/C15H16NS2/c1-3-17-15-16-14-12-8-6-5-7-11(12)9-10-13(14)18(15)4-2/h5-10H,3-4H2,1-2H3/q+1.